The van der Waals surface area contributed by atoms with Crippen molar-refractivity contribution in [3.8, 4) is 0 Å². The fourth-order valence-corrected chi connectivity index (χ4v) is 1.67. The third-order valence-electron chi connectivity index (χ3n) is 2.35. The molecule has 16 heavy (non-hydrogen) atoms. The van der Waals surface area contributed by atoms with E-state index in [1.54, 1.807) is 0 Å². The first kappa shape index (κ1) is 13.5. The molecule has 0 spiro atoms. The van der Waals surface area contributed by atoms with E-state index < -0.39 is 0 Å². The summed E-state index contributed by atoms with van der Waals surface area (Å²) in [7, 11) is 0. The number of nitrogens with one attached hydrogen (secondary N) is 1. The Bertz CT molecular complexity index is 318. The average molecular weight is 287 g/mol. The molecule has 1 heterocycles. The Labute approximate surface area is 106 Å². The van der Waals surface area contributed by atoms with Crippen LogP contribution in [0.1, 0.15) is 20.8 Å². The molecule has 0 aliphatic rings. The number of rotatable bonds is 6. The molecule has 1 aromatic heterocycles. The van der Waals surface area contributed by atoms with Gasteiger partial charge in [0, 0.05) is 6.61 Å². The van der Waals surface area contributed by atoms with Gasteiger partial charge < -0.3 is 10.1 Å². The maximum Gasteiger partial charge on any atom is 0.127 e. The van der Waals surface area contributed by atoms with E-state index in [1.165, 1.54) is 0 Å². The molecule has 0 fully saturated rings. The fourth-order valence-electron chi connectivity index (χ4n) is 1.32. The smallest absolute Gasteiger partial charge is 0.127 e. The minimum atomic E-state index is 0.293. The minimum Gasteiger partial charge on any atom is -0.380 e. The Morgan fingerprint density at radius 3 is 2.75 bits per heavy atom. The van der Waals surface area contributed by atoms with Gasteiger partial charge in [0.2, 0.25) is 0 Å². The van der Waals surface area contributed by atoms with Crippen LogP contribution >= 0.6 is 15.9 Å². The second-order valence-electron chi connectivity index (χ2n) is 4.00. The molecule has 0 saturated carbocycles. The summed E-state index contributed by atoms with van der Waals surface area (Å²) < 4.78 is 6.30. The van der Waals surface area contributed by atoms with E-state index in [0.717, 1.165) is 17.0 Å². The lowest BCUT2D eigenvalue weighted by atomic mass is 10.1. The molecule has 1 N–H and O–H groups in total. The van der Waals surface area contributed by atoms with Crippen LogP contribution in [-0.4, -0.2) is 24.2 Å². The molecule has 0 amide bonds. The van der Waals surface area contributed by atoms with Crippen LogP contribution in [0.5, 0.6) is 0 Å². The van der Waals surface area contributed by atoms with Crippen molar-refractivity contribution in [1.29, 1.82) is 0 Å². The van der Waals surface area contributed by atoms with Crippen molar-refractivity contribution in [1.82, 2.24) is 4.98 Å². The molecule has 0 aromatic carbocycles. The molecule has 1 atom stereocenters. The topological polar surface area (TPSA) is 34.1 Å². The maximum absolute atomic E-state index is 5.46. The number of hydrogen-bond donors (Lipinski definition) is 1. The normalized spacial score (nSPS) is 12.8. The van der Waals surface area contributed by atoms with Gasteiger partial charge in [-0.05, 0) is 40.9 Å². The molecule has 0 bridgehead atoms. The number of ether oxygens (including phenoxy) is 1. The standard InChI is InChI=1S/C12H19BrN2O/c1-4-16-8-10(9(2)3)14-12-7-5-6-11(13)15-12/h5-7,9-10H,4,8H2,1-3H3,(H,14,15). The first-order valence-electron chi connectivity index (χ1n) is 5.60. The first-order chi connectivity index (χ1) is 7.63. The van der Waals surface area contributed by atoms with Crippen molar-refractivity contribution in [2.45, 2.75) is 26.8 Å². The number of anilines is 1. The minimum absolute atomic E-state index is 0.293. The third kappa shape index (κ3) is 4.49. The lowest BCUT2D eigenvalue weighted by molar-refractivity contribution is 0.126. The molecular weight excluding hydrogens is 268 g/mol. The van der Waals surface area contributed by atoms with Gasteiger partial charge in [-0.1, -0.05) is 19.9 Å². The second-order valence-corrected chi connectivity index (χ2v) is 4.81. The molecule has 3 nitrogen and oxygen atoms in total. The van der Waals surface area contributed by atoms with E-state index in [9.17, 15) is 0 Å². The van der Waals surface area contributed by atoms with Gasteiger partial charge in [-0.15, -0.1) is 0 Å². The molecule has 0 radical (unpaired) electrons. The van der Waals surface area contributed by atoms with Crippen LogP contribution in [0.25, 0.3) is 0 Å². The van der Waals surface area contributed by atoms with Gasteiger partial charge >= 0.3 is 0 Å². The maximum atomic E-state index is 5.46. The first-order valence-corrected chi connectivity index (χ1v) is 6.39. The van der Waals surface area contributed by atoms with Gasteiger partial charge in [0.25, 0.3) is 0 Å². The molecule has 0 aliphatic carbocycles. The number of aromatic nitrogens is 1. The monoisotopic (exact) mass is 286 g/mol. The highest BCUT2D eigenvalue weighted by Gasteiger charge is 2.13. The van der Waals surface area contributed by atoms with E-state index in [-0.39, 0.29) is 0 Å². The van der Waals surface area contributed by atoms with E-state index in [2.05, 4.69) is 40.1 Å². The fraction of sp³-hybridized carbons (Fsp3) is 0.583. The Morgan fingerprint density at radius 1 is 1.44 bits per heavy atom. The molecule has 1 rings (SSSR count). The van der Waals surface area contributed by atoms with Crippen LogP contribution < -0.4 is 5.32 Å². The van der Waals surface area contributed by atoms with Gasteiger partial charge in [0.05, 0.1) is 12.6 Å². The SMILES string of the molecule is CCOCC(Nc1cccc(Br)n1)C(C)C. The molecule has 1 aromatic rings. The summed E-state index contributed by atoms with van der Waals surface area (Å²) in [5, 5.41) is 3.39. The van der Waals surface area contributed by atoms with Crippen LogP contribution in [0.4, 0.5) is 5.82 Å². The van der Waals surface area contributed by atoms with Crippen molar-refractivity contribution in [3.63, 3.8) is 0 Å². The highest BCUT2D eigenvalue weighted by molar-refractivity contribution is 9.10. The van der Waals surface area contributed by atoms with Crippen molar-refractivity contribution < 1.29 is 4.74 Å². The van der Waals surface area contributed by atoms with Crippen LogP contribution in [0.3, 0.4) is 0 Å². The predicted molar refractivity (Wildman–Crippen MR) is 70.7 cm³/mol. The van der Waals surface area contributed by atoms with Crippen LogP contribution in [0.2, 0.25) is 0 Å². The van der Waals surface area contributed by atoms with Crippen LogP contribution in [0.15, 0.2) is 22.8 Å². The molecule has 1 unspecified atom stereocenters. The Balaban J connectivity index is 2.60. The van der Waals surface area contributed by atoms with Gasteiger partial charge in [-0.2, -0.15) is 0 Å². The molecule has 90 valence electrons. The summed E-state index contributed by atoms with van der Waals surface area (Å²) in [6.07, 6.45) is 0. The third-order valence-corrected chi connectivity index (χ3v) is 2.80. The van der Waals surface area contributed by atoms with E-state index >= 15 is 0 Å². The van der Waals surface area contributed by atoms with E-state index in [1.807, 2.05) is 25.1 Å². The second kappa shape index (κ2) is 6.86. The number of halogens is 1. The quantitative estimate of drug-likeness (QED) is 0.815. The van der Waals surface area contributed by atoms with Crippen molar-refractivity contribution in [3.05, 3.63) is 22.8 Å². The van der Waals surface area contributed by atoms with Crippen molar-refractivity contribution in [2.75, 3.05) is 18.5 Å². The summed E-state index contributed by atoms with van der Waals surface area (Å²) in [5.41, 5.74) is 0. The van der Waals surface area contributed by atoms with Crippen molar-refractivity contribution in [2.24, 2.45) is 5.92 Å². The van der Waals surface area contributed by atoms with Crippen LogP contribution in [0, 0.1) is 5.92 Å². The summed E-state index contributed by atoms with van der Waals surface area (Å²) in [4.78, 5) is 4.35. The van der Waals surface area contributed by atoms with Gasteiger partial charge in [0.1, 0.15) is 10.4 Å². The number of nitrogens with zero attached hydrogens (tertiary/aromatic N) is 1. The molecule has 0 saturated heterocycles. The van der Waals surface area contributed by atoms with Crippen LogP contribution in [-0.2, 0) is 4.74 Å². The van der Waals surface area contributed by atoms with E-state index in [0.29, 0.717) is 18.6 Å². The van der Waals surface area contributed by atoms with Crippen molar-refractivity contribution >= 4 is 21.7 Å². The Kier molecular flexibility index (Phi) is 5.77. The predicted octanol–water partition coefficient (Wildman–Crippen LogP) is 3.32. The molecule has 4 heteroatoms. The molecule has 0 aliphatic heterocycles. The highest BCUT2D eigenvalue weighted by atomic mass is 79.9. The van der Waals surface area contributed by atoms with Gasteiger partial charge in [-0.25, -0.2) is 4.98 Å². The van der Waals surface area contributed by atoms with Gasteiger partial charge in [-0.3, -0.25) is 0 Å². The van der Waals surface area contributed by atoms with E-state index in [4.69, 9.17) is 4.74 Å². The zero-order valence-corrected chi connectivity index (χ0v) is 11.6. The number of pyridine rings is 1. The average Bonchev–Trinajstić information content (AvgIpc) is 2.24. The summed E-state index contributed by atoms with van der Waals surface area (Å²) >= 11 is 3.36. The summed E-state index contributed by atoms with van der Waals surface area (Å²) in [5.74, 6) is 1.39. The van der Waals surface area contributed by atoms with Gasteiger partial charge in [0.15, 0.2) is 0 Å². The largest absolute Gasteiger partial charge is 0.380 e. The molecular formula is C12H19BrN2O. The lowest BCUT2D eigenvalue weighted by Gasteiger charge is -2.22. The Morgan fingerprint density at radius 2 is 2.19 bits per heavy atom. The summed E-state index contributed by atoms with van der Waals surface area (Å²) in [6.45, 7) is 7.82. The lowest BCUT2D eigenvalue weighted by Crippen LogP contribution is -2.31. The Hall–Kier alpha value is -0.610. The zero-order chi connectivity index (χ0) is 12.0. The zero-order valence-electron chi connectivity index (χ0n) is 10.0. The summed E-state index contributed by atoms with van der Waals surface area (Å²) in [6, 6.07) is 6.14. The highest BCUT2D eigenvalue weighted by Crippen LogP contribution is 2.14. The number of hydrogen-bond acceptors (Lipinski definition) is 3.